The van der Waals surface area contributed by atoms with E-state index >= 15 is 0 Å². The van der Waals surface area contributed by atoms with Crippen LogP contribution in [-0.2, 0) is 11.3 Å². The third-order valence-corrected chi connectivity index (χ3v) is 4.02. The summed E-state index contributed by atoms with van der Waals surface area (Å²) in [5.41, 5.74) is 3.66. The molecule has 1 N–H and O–H groups in total. The normalized spacial score (nSPS) is 12.1. The first-order chi connectivity index (χ1) is 10.2. The average Bonchev–Trinajstić information content (AvgIpc) is 2.52. The lowest BCUT2D eigenvalue weighted by molar-refractivity contribution is 0.134. The number of nitrogens with one attached hydrogen (secondary N) is 1. The van der Waals surface area contributed by atoms with E-state index in [1.807, 2.05) is 6.92 Å². The summed E-state index contributed by atoms with van der Waals surface area (Å²) in [7, 11) is 0. The Labute approximate surface area is 135 Å². The smallest absolute Gasteiger partial charge is 0.0736 e. The predicted octanol–water partition coefficient (Wildman–Crippen LogP) is 5.55. The quantitative estimate of drug-likeness (QED) is 0.708. The van der Waals surface area contributed by atoms with Gasteiger partial charge in [0, 0.05) is 22.3 Å². The van der Waals surface area contributed by atoms with E-state index in [0.717, 1.165) is 23.2 Å². The van der Waals surface area contributed by atoms with Gasteiger partial charge in [-0.15, -0.1) is 0 Å². The van der Waals surface area contributed by atoms with Crippen molar-refractivity contribution in [3.63, 3.8) is 0 Å². The molecular formula is C18H22BrNO. The molecule has 0 spiro atoms. The predicted molar refractivity (Wildman–Crippen MR) is 92.6 cm³/mol. The zero-order valence-corrected chi connectivity index (χ0v) is 14.2. The fourth-order valence-corrected chi connectivity index (χ4v) is 2.57. The summed E-state index contributed by atoms with van der Waals surface area (Å²) < 4.78 is 6.66. The van der Waals surface area contributed by atoms with Gasteiger partial charge in [0.05, 0.1) is 12.6 Å². The highest BCUT2D eigenvalue weighted by Crippen LogP contribution is 2.26. The summed E-state index contributed by atoms with van der Waals surface area (Å²) in [5.74, 6) is 0. The minimum atomic E-state index is 0.306. The van der Waals surface area contributed by atoms with E-state index in [2.05, 4.69) is 76.7 Å². The minimum absolute atomic E-state index is 0.306. The van der Waals surface area contributed by atoms with Crippen LogP contribution in [0.3, 0.4) is 0 Å². The zero-order valence-electron chi connectivity index (χ0n) is 12.6. The van der Waals surface area contributed by atoms with Crippen LogP contribution < -0.4 is 5.32 Å². The number of para-hydroxylation sites is 1. The Morgan fingerprint density at radius 3 is 2.43 bits per heavy atom. The van der Waals surface area contributed by atoms with Gasteiger partial charge in [-0.05, 0) is 37.1 Å². The minimum Gasteiger partial charge on any atom is -0.378 e. The molecule has 0 aromatic heterocycles. The van der Waals surface area contributed by atoms with Crippen LogP contribution in [0.1, 0.15) is 37.4 Å². The zero-order chi connectivity index (χ0) is 15.1. The molecule has 2 nitrogen and oxygen atoms in total. The third kappa shape index (κ3) is 4.58. The van der Waals surface area contributed by atoms with Crippen LogP contribution in [0.2, 0.25) is 0 Å². The van der Waals surface area contributed by atoms with Crippen molar-refractivity contribution < 1.29 is 4.74 Å². The van der Waals surface area contributed by atoms with Crippen molar-refractivity contribution >= 4 is 21.6 Å². The van der Waals surface area contributed by atoms with Crippen molar-refractivity contribution in [1.82, 2.24) is 0 Å². The lowest BCUT2D eigenvalue weighted by Gasteiger charge is -2.21. The second-order valence-electron chi connectivity index (χ2n) is 4.95. The Morgan fingerprint density at radius 2 is 1.76 bits per heavy atom. The first kappa shape index (κ1) is 16.1. The number of hydrogen-bond donors (Lipinski definition) is 1. The fourth-order valence-electron chi connectivity index (χ4n) is 2.30. The Morgan fingerprint density at radius 1 is 1.05 bits per heavy atom. The van der Waals surface area contributed by atoms with Crippen LogP contribution in [-0.4, -0.2) is 6.61 Å². The molecule has 2 aromatic carbocycles. The molecule has 112 valence electrons. The van der Waals surface area contributed by atoms with Crippen molar-refractivity contribution in [2.75, 3.05) is 11.9 Å². The van der Waals surface area contributed by atoms with Crippen molar-refractivity contribution in [1.29, 1.82) is 0 Å². The molecule has 0 aliphatic carbocycles. The van der Waals surface area contributed by atoms with Crippen molar-refractivity contribution in [2.24, 2.45) is 0 Å². The van der Waals surface area contributed by atoms with Gasteiger partial charge < -0.3 is 10.1 Å². The van der Waals surface area contributed by atoms with E-state index in [1.54, 1.807) is 0 Å². The van der Waals surface area contributed by atoms with Crippen LogP contribution in [0.5, 0.6) is 0 Å². The van der Waals surface area contributed by atoms with Gasteiger partial charge >= 0.3 is 0 Å². The van der Waals surface area contributed by atoms with Crippen LogP contribution in [0.4, 0.5) is 5.69 Å². The molecule has 0 saturated carbocycles. The Balaban J connectivity index is 2.16. The number of rotatable bonds is 7. The third-order valence-electron chi connectivity index (χ3n) is 3.49. The first-order valence-electron chi connectivity index (χ1n) is 7.42. The molecule has 0 heterocycles. The summed E-state index contributed by atoms with van der Waals surface area (Å²) in [6.45, 7) is 5.60. The monoisotopic (exact) mass is 347 g/mol. The van der Waals surface area contributed by atoms with Gasteiger partial charge in [-0.2, -0.15) is 0 Å². The number of anilines is 1. The summed E-state index contributed by atoms with van der Waals surface area (Å²) in [6, 6.07) is 17.2. The molecule has 0 amide bonds. The van der Waals surface area contributed by atoms with Gasteiger partial charge in [0.2, 0.25) is 0 Å². The number of halogens is 1. The van der Waals surface area contributed by atoms with Gasteiger partial charge in [0.1, 0.15) is 0 Å². The number of hydrogen-bond acceptors (Lipinski definition) is 2. The molecule has 1 unspecified atom stereocenters. The number of benzene rings is 2. The lowest BCUT2D eigenvalue weighted by Crippen LogP contribution is -2.11. The maximum absolute atomic E-state index is 5.55. The average molecular weight is 348 g/mol. The molecule has 2 aromatic rings. The maximum Gasteiger partial charge on any atom is 0.0736 e. The van der Waals surface area contributed by atoms with E-state index in [9.17, 15) is 0 Å². The molecule has 0 saturated heterocycles. The highest BCUT2D eigenvalue weighted by molar-refractivity contribution is 9.10. The molecule has 0 radical (unpaired) electrons. The summed E-state index contributed by atoms with van der Waals surface area (Å²) in [5, 5.41) is 3.65. The molecule has 1 atom stereocenters. The van der Waals surface area contributed by atoms with Gasteiger partial charge in [0.15, 0.2) is 0 Å². The second-order valence-corrected chi connectivity index (χ2v) is 5.87. The highest BCUT2D eigenvalue weighted by Gasteiger charge is 2.11. The Hall–Kier alpha value is -1.32. The van der Waals surface area contributed by atoms with Gasteiger partial charge in [0.25, 0.3) is 0 Å². The summed E-state index contributed by atoms with van der Waals surface area (Å²) in [4.78, 5) is 0. The van der Waals surface area contributed by atoms with Crippen LogP contribution >= 0.6 is 15.9 Å². The second kappa shape index (κ2) is 8.20. The highest BCUT2D eigenvalue weighted by atomic mass is 79.9. The van der Waals surface area contributed by atoms with Crippen LogP contribution in [0.25, 0.3) is 0 Å². The number of ether oxygens (including phenoxy) is 1. The summed E-state index contributed by atoms with van der Waals surface area (Å²) >= 11 is 3.49. The van der Waals surface area contributed by atoms with E-state index in [1.165, 1.54) is 11.1 Å². The summed E-state index contributed by atoms with van der Waals surface area (Å²) in [6.07, 6.45) is 1.03. The molecular weight excluding hydrogens is 326 g/mol. The SMILES string of the molecule is CCOCc1ccccc1NC(CC)c1ccc(Br)cc1. The molecule has 2 rings (SSSR count). The largest absolute Gasteiger partial charge is 0.378 e. The molecule has 0 aliphatic rings. The maximum atomic E-state index is 5.55. The lowest BCUT2D eigenvalue weighted by atomic mass is 10.0. The van der Waals surface area contributed by atoms with Crippen molar-refractivity contribution in [3.8, 4) is 0 Å². The van der Waals surface area contributed by atoms with Gasteiger partial charge in [-0.25, -0.2) is 0 Å². The first-order valence-corrected chi connectivity index (χ1v) is 8.21. The van der Waals surface area contributed by atoms with Crippen LogP contribution in [0.15, 0.2) is 53.0 Å². The van der Waals surface area contributed by atoms with Gasteiger partial charge in [-0.3, -0.25) is 0 Å². The standard InChI is InChI=1S/C18H22BrNO/c1-3-17(14-9-11-16(19)12-10-14)20-18-8-6-5-7-15(18)13-21-4-2/h5-12,17,20H,3-4,13H2,1-2H3. The molecule has 0 aliphatic heterocycles. The Kier molecular flexibility index (Phi) is 6.27. The van der Waals surface area contributed by atoms with E-state index in [4.69, 9.17) is 4.74 Å². The Bertz CT molecular complexity index is 553. The fraction of sp³-hybridized carbons (Fsp3) is 0.333. The molecule has 3 heteroatoms. The van der Waals surface area contributed by atoms with Gasteiger partial charge in [-0.1, -0.05) is 53.2 Å². The molecule has 21 heavy (non-hydrogen) atoms. The van der Waals surface area contributed by atoms with E-state index in [-0.39, 0.29) is 0 Å². The molecule has 0 bridgehead atoms. The van der Waals surface area contributed by atoms with E-state index < -0.39 is 0 Å². The van der Waals surface area contributed by atoms with Crippen molar-refractivity contribution in [2.45, 2.75) is 32.9 Å². The van der Waals surface area contributed by atoms with Crippen molar-refractivity contribution in [3.05, 3.63) is 64.1 Å². The topological polar surface area (TPSA) is 21.3 Å². The molecule has 0 fully saturated rings. The van der Waals surface area contributed by atoms with Crippen LogP contribution in [0, 0.1) is 0 Å². The van der Waals surface area contributed by atoms with E-state index in [0.29, 0.717) is 12.6 Å².